The highest BCUT2D eigenvalue weighted by Crippen LogP contribution is 2.20. The maximum atomic E-state index is 11.6. The molecule has 0 spiro atoms. The van der Waals surface area contributed by atoms with Crippen molar-refractivity contribution in [2.75, 3.05) is 31.7 Å². The Kier molecular flexibility index (Phi) is 5.54. The van der Waals surface area contributed by atoms with Gasteiger partial charge in [-0.1, -0.05) is 23.8 Å². The molecule has 0 fully saturated rings. The van der Waals surface area contributed by atoms with E-state index in [9.17, 15) is 8.42 Å². The zero-order valence-corrected chi connectivity index (χ0v) is 13.1. The van der Waals surface area contributed by atoms with E-state index in [4.69, 9.17) is 29.6 Å². The molecular formula is C11H16ClN3O2S2. The minimum absolute atomic E-state index is 0.00860. The first-order valence-corrected chi connectivity index (χ1v) is 7.87. The molecule has 0 saturated heterocycles. The van der Waals surface area contributed by atoms with Gasteiger partial charge in [-0.15, -0.1) is 0 Å². The Hall–Kier alpha value is -0.890. The van der Waals surface area contributed by atoms with Crippen LogP contribution in [0, 0.1) is 0 Å². The van der Waals surface area contributed by atoms with Crippen LogP contribution in [0.25, 0.3) is 0 Å². The average Bonchev–Trinajstić information content (AvgIpc) is 2.28. The molecule has 0 aliphatic rings. The number of nitrogens with one attached hydrogen (secondary N) is 1. The van der Waals surface area contributed by atoms with Gasteiger partial charge in [0.2, 0.25) is 10.0 Å². The van der Waals surface area contributed by atoms with Gasteiger partial charge in [-0.25, -0.2) is 12.7 Å². The van der Waals surface area contributed by atoms with Crippen molar-refractivity contribution in [1.82, 2.24) is 4.31 Å². The van der Waals surface area contributed by atoms with Crippen molar-refractivity contribution in [3.63, 3.8) is 0 Å². The summed E-state index contributed by atoms with van der Waals surface area (Å²) in [6, 6.07) is 5.12. The molecule has 1 rings (SSSR count). The molecule has 0 unspecified atom stereocenters. The Morgan fingerprint density at radius 3 is 2.58 bits per heavy atom. The lowest BCUT2D eigenvalue weighted by Crippen LogP contribution is -2.28. The summed E-state index contributed by atoms with van der Waals surface area (Å²) >= 11 is 10.9. The third kappa shape index (κ3) is 4.61. The van der Waals surface area contributed by atoms with Crippen molar-refractivity contribution in [2.24, 2.45) is 5.73 Å². The topological polar surface area (TPSA) is 75.4 Å². The van der Waals surface area contributed by atoms with Gasteiger partial charge in [0.05, 0.1) is 10.8 Å². The smallest absolute Gasteiger partial charge is 0.215 e. The second-order valence-electron chi connectivity index (χ2n) is 4.08. The zero-order chi connectivity index (χ0) is 14.6. The first-order valence-electron chi connectivity index (χ1n) is 5.47. The molecule has 1 aromatic rings. The van der Waals surface area contributed by atoms with Crippen molar-refractivity contribution in [3.8, 4) is 0 Å². The lowest BCUT2D eigenvalue weighted by atomic mass is 10.2. The SMILES string of the molecule is CN(C)S(=O)(=O)CCNc1ccc(C(N)=S)c(Cl)c1. The van der Waals surface area contributed by atoms with Gasteiger partial charge in [0.25, 0.3) is 0 Å². The number of nitrogens with zero attached hydrogens (tertiary/aromatic N) is 1. The van der Waals surface area contributed by atoms with E-state index < -0.39 is 10.0 Å². The minimum Gasteiger partial charge on any atom is -0.389 e. The molecule has 0 saturated carbocycles. The molecule has 0 aromatic heterocycles. The van der Waals surface area contributed by atoms with Crippen LogP contribution in [-0.2, 0) is 10.0 Å². The van der Waals surface area contributed by atoms with Crippen molar-refractivity contribution >= 4 is 44.5 Å². The summed E-state index contributed by atoms with van der Waals surface area (Å²) in [6.45, 7) is 0.295. The standard InChI is InChI=1S/C11H16ClN3O2S2/c1-15(2)19(16,17)6-5-14-8-3-4-9(11(13)18)10(12)7-8/h3-4,7,14H,5-6H2,1-2H3,(H2,13,18). The Morgan fingerprint density at radius 1 is 1.47 bits per heavy atom. The van der Waals surface area contributed by atoms with Crippen LogP contribution in [0.2, 0.25) is 5.02 Å². The molecule has 106 valence electrons. The number of halogens is 1. The number of nitrogens with two attached hydrogens (primary N) is 1. The number of thiocarbonyl (C=S) groups is 1. The molecule has 19 heavy (non-hydrogen) atoms. The lowest BCUT2D eigenvalue weighted by Gasteiger charge is -2.12. The van der Waals surface area contributed by atoms with E-state index in [0.29, 0.717) is 17.1 Å². The second kappa shape index (κ2) is 6.51. The van der Waals surface area contributed by atoms with Gasteiger partial charge in [-0.05, 0) is 18.2 Å². The maximum absolute atomic E-state index is 11.6. The Bertz CT molecular complexity index is 573. The molecular weight excluding hydrogens is 306 g/mol. The van der Waals surface area contributed by atoms with E-state index in [0.717, 1.165) is 5.69 Å². The first kappa shape index (κ1) is 16.2. The van der Waals surface area contributed by atoms with Gasteiger partial charge in [0.15, 0.2) is 0 Å². The summed E-state index contributed by atoms with van der Waals surface area (Å²) in [4.78, 5) is 0.228. The fourth-order valence-corrected chi connectivity index (χ4v) is 2.57. The number of benzene rings is 1. The average molecular weight is 322 g/mol. The van der Waals surface area contributed by atoms with Crippen molar-refractivity contribution < 1.29 is 8.42 Å². The highest BCUT2D eigenvalue weighted by Gasteiger charge is 2.12. The molecule has 0 heterocycles. The fourth-order valence-electron chi connectivity index (χ4n) is 1.33. The quantitative estimate of drug-likeness (QED) is 0.772. The number of anilines is 1. The van der Waals surface area contributed by atoms with Crippen molar-refractivity contribution in [3.05, 3.63) is 28.8 Å². The third-order valence-electron chi connectivity index (χ3n) is 2.48. The van der Waals surface area contributed by atoms with Crippen LogP contribution in [0.1, 0.15) is 5.56 Å². The van der Waals surface area contributed by atoms with Crippen LogP contribution in [-0.4, -0.2) is 44.1 Å². The van der Waals surface area contributed by atoms with E-state index in [2.05, 4.69) is 5.32 Å². The maximum Gasteiger partial charge on any atom is 0.215 e. The Labute approximate surface area is 123 Å². The van der Waals surface area contributed by atoms with Crippen LogP contribution < -0.4 is 11.1 Å². The van der Waals surface area contributed by atoms with Crippen LogP contribution in [0.15, 0.2) is 18.2 Å². The van der Waals surface area contributed by atoms with Crippen LogP contribution >= 0.6 is 23.8 Å². The van der Waals surface area contributed by atoms with Gasteiger partial charge in [0, 0.05) is 31.9 Å². The molecule has 0 atom stereocenters. The van der Waals surface area contributed by atoms with Gasteiger partial charge in [0.1, 0.15) is 4.99 Å². The third-order valence-corrected chi connectivity index (χ3v) is 4.85. The van der Waals surface area contributed by atoms with E-state index in [1.54, 1.807) is 18.2 Å². The summed E-state index contributed by atoms with van der Waals surface area (Å²) < 4.78 is 24.3. The highest BCUT2D eigenvalue weighted by atomic mass is 35.5. The first-order chi connectivity index (χ1) is 8.74. The monoisotopic (exact) mass is 321 g/mol. The molecule has 0 radical (unpaired) electrons. The molecule has 0 bridgehead atoms. The Balaban J connectivity index is 2.65. The number of hydrogen-bond donors (Lipinski definition) is 2. The summed E-state index contributed by atoms with van der Waals surface area (Å²) in [6.07, 6.45) is 0. The zero-order valence-electron chi connectivity index (χ0n) is 10.7. The molecule has 1 aromatic carbocycles. The van der Waals surface area contributed by atoms with Crippen LogP contribution in [0.4, 0.5) is 5.69 Å². The number of sulfonamides is 1. The second-order valence-corrected chi connectivity index (χ2v) is 7.23. The molecule has 0 amide bonds. The van der Waals surface area contributed by atoms with Gasteiger partial charge < -0.3 is 11.1 Å². The largest absolute Gasteiger partial charge is 0.389 e. The fraction of sp³-hybridized carbons (Fsp3) is 0.364. The predicted octanol–water partition coefficient (Wildman–Crippen LogP) is 1.28. The van der Waals surface area contributed by atoms with E-state index in [1.807, 2.05) is 0 Å². The Morgan fingerprint density at radius 2 is 2.11 bits per heavy atom. The summed E-state index contributed by atoms with van der Waals surface area (Å²) in [5.74, 6) is 0.00860. The van der Waals surface area contributed by atoms with Crippen LogP contribution in [0.3, 0.4) is 0 Å². The molecule has 8 heteroatoms. The van der Waals surface area contributed by atoms with Gasteiger partial charge >= 0.3 is 0 Å². The summed E-state index contributed by atoms with van der Waals surface area (Å²) in [5, 5.41) is 3.43. The van der Waals surface area contributed by atoms with Gasteiger partial charge in [-0.2, -0.15) is 0 Å². The normalized spacial score (nSPS) is 11.6. The van der Waals surface area contributed by atoms with Crippen molar-refractivity contribution in [2.45, 2.75) is 0 Å². The molecule has 0 aliphatic carbocycles. The predicted molar refractivity (Wildman–Crippen MR) is 83.3 cm³/mol. The summed E-state index contributed by atoms with van der Waals surface area (Å²) in [7, 11) is -0.197. The van der Waals surface area contributed by atoms with E-state index >= 15 is 0 Å². The summed E-state index contributed by atoms with van der Waals surface area (Å²) in [5.41, 5.74) is 6.82. The molecule has 5 nitrogen and oxygen atoms in total. The van der Waals surface area contributed by atoms with E-state index in [-0.39, 0.29) is 10.7 Å². The molecule has 0 aliphatic heterocycles. The van der Waals surface area contributed by atoms with Gasteiger partial charge in [-0.3, -0.25) is 0 Å². The van der Waals surface area contributed by atoms with E-state index in [1.165, 1.54) is 18.4 Å². The van der Waals surface area contributed by atoms with Crippen molar-refractivity contribution in [1.29, 1.82) is 0 Å². The lowest BCUT2D eigenvalue weighted by molar-refractivity contribution is 0.521. The van der Waals surface area contributed by atoms with Crippen LogP contribution in [0.5, 0.6) is 0 Å². The minimum atomic E-state index is -3.20. The number of hydrogen-bond acceptors (Lipinski definition) is 4. The number of rotatable bonds is 6. The highest BCUT2D eigenvalue weighted by molar-refractivity contribution is 7.89. The molecule has 3 N–H and O–H groups in total.